The highest BCUT2D eigenvalue weighted by molar-refractivity contribution is 5.77. The lowest BCUT2D eigenvalue weighted by atomic mass is 9.79. The van der Waals surface area contributed by atoms with Gasteiger partial charge in [0.2, 0.25) is 11.9 Å². The monoisotopic (exact) mass is 290 g/mol. The summed E-state index contributed by atoms with van der Waals surface area (Å²) >= 11 is 0. The zero-order valence-corrected chi connectivity index (χ0v) is 12.5. The van der Waals surface area contributed by atoms with Crippen LogP contribution >= 0.6 is 0 Å². The Kier molecular flexibility index (Phi) is 4.05. The Bertz CT molecular complexity index is 496. The molecule has 2 fully saturated rings. The van der Waals surface area contributed by atoms with E-state index in [0.717, 1.165) is 45.0 Å². The quantitative estimate of drug-likeness (QED) is 0.829. The van der Waals surface area contributed by atoms with Gasteiger partial charge in [-0.3, -0.25) is 4.79 Å². The van der Waals surface area contributed by atoms with Crippen molar-refractivity contribution in [2.45, 2.75) is 19.3 Å². The number of amides is 1. The molecule has 1 aromatic rings. The number of anilines is 1. The van der Waals surface area contributed by atoms with Crippen LogP contribution in [-0.2, 0) is 9.53 Å². The van der Waals surface area contributed by atoms with Crippen molar-refractivity contribution in [2.75, 3.05) is 44.8 Å². The zero-order chi connectivity index (χ0) is 14.7. The normalized spacial score (nSPS) is 25.6. The maximum atomic E-state index is 12.1. The molecule has 0 N–H and O–H groups in total. The highest BCUT2D eigenvalue weighted by Gasteiger charge is 2.43. The van der Waals surface area contributed by atoms with E-state index in [4.69, 9.17) is 4.74 Å². The van der Waals surface area contributed by atoms with E-state index in [0.29, 0.717) is 0 Å². The van der Waals surface area contributed by atoms with Crippen LogP contribution in [0.15, 0.2) is 18.5 Å². The van der Waals surface area contributed by atoms with E-state index in [2.05, 4.69) is 14.9 Å². The number of methoxy groups -OCH3 is 1. The lowest BCUT2D eigenvalue weighted by Crippen LogP contribution is -2.48. The highest BCUT2D eigenvalue weighted by atomic mass is 16.5. The minimum absolute atomic E-state index is 0.103. The smallest absolute Gasteiger partial charge is 0.248 e. The molecule has 3 heterocycles. The maximum absolute atomic E-state index is 12.1. The van der Waals surface area contributed by atoms with Gasteiger partial charge in [-0.25, -0.2) is 9.97 Å². The van der Waals surface area contributed by atoms with Crippen LogP contribution in [0.1, 0.15) is 19.3 Å². The van der Waals surface area contributed by atoms with Gasteiger partial charge in [0.25, 0.3) is 0 Å². The molecule has 2 aliphatic rings. The zero-order valence-electron chi connectivity index (χ0n) is 12.5. The molecule has 0 radical (unpaired) electrons. The fourth-order valence-electron chi connectivity index (χ4n) is 3.53. The van der Waals surface area contributed by atoms with Gasteiger partial charge >= 0.3 is 0 Å². The van der Waals surface area contributed by atoms with Gasteiger partial charge in [0.1, 0.15) is 6.61 Å². The second kappa shape index (κ2) is 5.97. The first-order valence-corrected chi connectivity index (χ1v) is 7.51. The average Bonchev–Trinajstić information content (AvgIpc) is 2.92. The van der Waals surface area contributed by atoms with Gasteiger partial charge in [0.05, 0.1) is 0 Å². The molecule has 0 aromatic carbocycles. The molecule has 6 nitrogen and oxygen atoms in total. The van der Waals surface area contributed by atoms with E-state index in [1.807, 2.05) is 11.0 Å². The molecule has 0 unspecified atom stereocenters. The number of aromatic nitrogens is 2. The van der Waals surface area contributed by atoms with Crippen molar-refractivity contribution in [3.8, 4) is 0 Å². The standard InChI is InChI=1S/C15H22N4O2/c1-21-10-13(20)18-8-2-4-15(11-18)5-9-19(12-15)14-16-6-3-7-17-14/h3,6-7H,2,4-5,8-12H2,1H3/t15-/m1/s1. The summed E-state index contributed by atoms with van der Waals surface area (Å²) in [6.07, 6.45) is 6.90. The van der Waals surface area contributed by atoms with Crippen molar-refractivity contribution < 1.29 is 9.53 Å². The van der Waals surface area contributed by atoms with E-state index < -0.39 is 0 Å². The Morgan fingerprint density at radius 1 is 1.29 bits per heavy atom. The number of likely N-dealkylation sites (tertiary alicyclic amines) is 1. The van der Waals surface area contributed by atoms with Crippen LogP contribution in [0.25, 0.3) is 0 Å². The van der Waals surface area contributed by atoms with Crippen molar-refractivity contribution in [3.05, 3.63) is 18.5 Å². The lowest BCUT2D eigenvalue weighted by molar-refractivity contribution is -0.138. The molecule has 1 aromatic heterocycles. The van der Waals surface area contributed by atoms with Crippen molar-refractivity contribution in [2.24, 2.45) is 5.41 Å². The van der Waals surface area contributed by atoms with Crippen molar-refractivity contribution in [3.63, 3.8) is 0 Å². The second-order valence-corrected chi connectivity index (χ2v) is 6.07. The fourth-order valence-corrected chi connectivity index (χ4v) is 3.53. The van der Waals surface area contributed by atoms with Crippen LogP contribution in [0.3, 0.4) is 0 Å². The van der Waals surface area contributed by atoms with E-state index in [1.54, 1.807) is 19.5 Å². The first-order chi connectivity index (χ1) is 10.2. The van der Waals surface area contributed by atoms with Crippen LogP contribution in [-0.4, -0.2) is 60.7 Å². The van der Waals surface area contributed by atoms with Crippen LogP contribution in [0.4, 0.5) is 5.95 Å². The van der Waals surface area contributed by atoms with E-state index in [1.165, 1.54) is 6.42 Å². The minimum Gasteiger partial charge on any atom is -0.375 e. The lowest BCUT2D eigenvalue weighted by Gasteiger charge is -2.40. The third-order valence-electron chi connectivity index (χ3n) is 4.56. The predicted molar refractivity (Wildman–Crippen MR) is 79.0 cm³/mol. The van der Waals surface area contributed by atoms with Crippen molar-refractivity contribution >= 4 is 11.9 Å². The molecule has 3 rings (SSSR count). The number of carbonyl (C=O) groups is 1. The summed E-state index contributed by atoms with van der Waals surface area (Å²) in [5.74, 6) is 0.903. The summed E-state index contributed by atoms with van der Waals surface area (Å²) < 4.78 is 4.98. The minimum atomic E-state index is 0.103. The van der Waals surface area contributed by atoms with Gasteiger partial charge < -0.3 is 14.5 Å². The van der Waals surface area contributed by atoms with Crippen LogP contribution in [0, 0.1) is 5.41 Å². The Balaban J connectivity index is 1.67. The molecule has 0 bridgehead atoms. The van der Waals surface area contributed by atoms with Crippen LogP contribution in [0.5, 0.6) is 0 Å². The van der Waals surface area contributed by atoms with Crippen molar-refractivity contribution in [1.29, 1.82) is 0 Å². The molecule has 0 aliphatic carbocycles. The number of ether oxygens (including phenoxy) is 1. The molecule has 1 atom stereocenters. The Morgan fingerprint density at radius 2 is 2.10 bits per heavy atom. The van der Waals surface area contributed by atoms with Crippen molar-refractivity contribution in [1.82, 2.24) is 14.9 Å². The van der Waals surface area contributed by atoms with E-state index >= 15 is 0 Å². The third kappa shape index (κ3) is 3.00. The molecule has 1 amide bonds. The maximum Gasteiger partial charge on any atom is 0.248 e. The number of piperidine rings is 1. The van der Waals surface area contributed by atoms with Gasteiger partial charge in [0.15, 0.2) is 0 Å². The molecule has 6 heteroatoms. The van der Waals surface area contributed by atoms with E-state index in [-0.39, 0.29) is 17.9 Å². The third-order valence-corrected chi connectivity index (χ3v) is 4.56. The Hall–Kier alpha value is -1.69. The number of rotatable bonds is 3. The topological polar surface area (TPSA) is 58.6 Å². The predicted octanol–water partition coefficient (Wildman–Crippen LogP) is 0.942. The molecule has 2 saturated heterocycles. The van der Waals surface area contributed by atoms with Gasteiger partial charge in [-0.05, 0) is 25.3 Å². The molecule has 2 aliphatic heterocycles. The largest absolute Gasteiger partial charge is 0.375 e. The molecule has 1 spiro atoms. The molecular formula is C15H22N4O2. The van der Waals surface area contributed by atoms with Crippen LogP contribution in [0.2, 0.25) is 0 Å². The van der Waals surface area contributed by atoms with Gasteiger partial charge in [-0.1, -0.05) is 0 Å². The molecule has 21 heavy (non-hydrogen) atoms. The summed E-state index contributed by atoms with van der Waals surface area (Å²) in [5.41, 5.74) is 0.195. The first kappa shape index (κ1) is 14.3. The number of hydrogen-bond donors (Lipinski definition) is 0. The number of carbonyl (C=O) groups excluding carboxylic acids is 1. The summed E-state index contributed by atoms with van der Waals surface area (Å²) in [6.45, 7) is 3.77. The summed E-state index contributed by atoms with van der Waals surface area (Å²) in [6, 6.07) is 1.83. The Labute approximate surface area is 125 Å². The Morgan fingerprint density at radius 3 is 2.86 bits per heavy atom. The summed E-state index contributed by atoms with van der Waals surface area (Å²) in [4.78, 5) is 24.9. The fraction of sp³-hybridized carbons (Fsp3) is 0.667. The van der Waals surface area contributed by atoms with E-state index in [9.17, 15) is 4.79 Å². The molecular weight excluding hydrogens is 268 g/mol. The average molecular weight is 290 g/mol. The molecule has 0 saturated carbocycles. The van der Waals surface area contributed by atoms with Gasteiger partial charge in [-0.15, -0.1) is 0 Å². The van der Waals surface area contributed by atoms with Crippen LogP contribution < -0.4 is 4.90 Å². The summed E-state index contributed by atoms with van der Waals surface area (Å²) in [5, 5.41) is 0. The number of nitrogens with zero attached hydrogens (tertiary/aromatic N) is 4. The first-order valence-electron chi connectivity index (χ1n) is 7.51. The second-order valence-electron chi connectivity index (χ2n) is 6.07. The van der Waals surface area contributed by atoms with Gasteiger partial charge in [0, 0.05) is 51.1 Å². The molecule has 114 valence electrons. The van der Waals surface area contributed by atoms with Gasteiger partial charge in [-0.2, -0.15) is 0 Å². The number of hydrogen-bond acceptors (Lipinski definition) is 5. The highest BCUT2D eigenvalue weighted by Crippen LogP contribution is 2.39. The summed E-state index contributed by atoms with van der Waals surface area (Å²) in [7, 11) is 1.57. The SMILES string of the molecule is COCC(=O)N1CCC[C@@]2(CCN(c3ncccn3)C2)C1.